The SMILES string of the molecule is CCC1CCN(c2ncncc2CNC(C)C)C1. The molecule has 0 amide bonds. The highest BCUT2D eigenvalue weighted by Gasteiger charge is 2.23. The molecule has 0 aromatic carbocycles. The lowest BCUT2D eigenvalue weighted by molar-refractivity contribution is 0.567. The standard InChI is InChI=1S/C14H24N4/c1-4-12-5-6-18(9-12)14-13(7-15-10-17-14)8-16-11(2)3/h7,10-12,16H,4-6,8-9H2,1-3H3. The Morgan fingerprint density at radius 2 is 2.33 bits per heavy atom. The van der Waals surface area contributed by atoms with Crippen LogP contribution in [0.5, 0.6) is 0 Å². The lowest BCUT2D eigenvalue weighted by Gasteiger charge is -2.20. The van der Waals surface area contributed by atoms with Crippen LogP contribution in [-0.4, -0.2) is 29.1 Å². The van der Waals surface area contributed by atoms with Crippen LogP contribution < -0.4 is 10.2 Å². The molecular weight excluding hydrogens is 224 g/mol. The molecule has 0 spiro atoms. The zero-order valence-corrected chi connectivity index (χ0v) is 11.7. The number of hydrogen-bond acceptors (Lipinski definition) is 4. The Kier molecular flexibility index (Phi) is 4.53. The quantitative estimate of drug-likeness (QED) is 0.867. The van der Waals surface area contributed by atoms with Crippen molar-refractivity contribution < 1.29 is 0 Å². The minimum Gasteiger partial charge on any atom is -0.356 e. The summed E-state index contributed by atoms with van der Waals surface area (Å²) in [4.78, 5) is 11.0. The van der Waals surface area contributed by atoms with E-state index in [1.807, 2.05) is 6.20 Å². The van der Waals surface area contributed by atoms with E-state index in [1.165, 1.54) is 18.4 Å². The predicted molar refractivity (Wildman–Crippen MR) is 74.6 cm³/mol. The van der Waals surface area contributed by atoms with Gasteiger partial charge in [0.25, 0.3) is 0 Å². The number of anilines is 1. The number of nitrogens with zero attached hydrogens (tertiary/aromatic N) is 3. The van der Waals surface area contributed by atoms with Gasteiger partial charge >= 0.3 is 0 Å². The lowest BCUT2D eigenvalue weighted by atomic mass is 10.1. The van der Waals surface area contributed by atoms with Gasteiger partial charge in [-0.05, 0) is 12.3 Å². The molecular formula is C14H24N4. The van der Waals surface area contributed by atoms with Crippen molar-refractivity contribution in [3.8, 4) is 0 Å². The van der Waals surface area contributed by atoms with E-state index in [0.29, 0.717) is 6.04 Å². The fourth-order valence-electron chi connectivity index (χ4n) is 2.43. The van der Waals surface area contributed by atoms with Crippen molar-refractivity contribution in [3.05, 3.63) is 18.1 Å². The molecule has 4 heteroatoms. The molecule has 1 aromatic rings. The van der Waals surface area contributed by atoms with Gasteiger partial charge < -0.3 is 10.2 Å². The maximum Gasteiger partial charge on any atom is 0.136 e. The first kappa shape index (κ1) is 13.3. The van der Waals surface area contributed by atoms with Gasteiger partial charge in [-0.1, -0.05) is 27.2 Å². The maximum atomic E-state index is 4.48. The van der Waals surface area contributed by atoms with Crippen LogP contribution in [0, 0.1) is 5.92 Å². The van der Waals surface area contributed by atoms with Gasteiger partial charge in [-0.3, -0.25) is 0 Å². The predicted octanol–water partition coefficient (Wildman–Crippen LogP) is 2.21. The third-order valence-corrected chi connectivity index (χ3v) is 3.63. The lowest BCUT2D eigenvalue weighted by Crippen LogP contribution is -2.26. The molecule has 1 atom stereocenters. The van der Waals surface area contributed by atoms with E-state index in [2.05, 4.69) is 41.0 Å². The summed E-state index contributed by atoms with van der Waals surface area (Å²) in [6.07, 6.45) is 6.16. The smallest absolute Gasteiger partial charge is 0.136 e. The molecule has 0 bridgehead atoms. The molecule has 1 unspecified atom stereocenters. The zero-order chi connectivity index (χ0) is 13.0. The topological polar surface area (TPSA) is 41.1 Å². The second-order valence-corrected chi connectivity index (χ2v) is 5.42. The van der Waals surface area contributed by atoms with Crippen LogP contribution in [0.4, 0.5) is 5.82 Å². The fraction of sp³-hybridized carbons (Fsp3) is 0.714. The highest BCUT2D eigenvalue weighted by Crippen LogP contribution is 2.26. The molecule has 1 N–H and O–H groups in total. The first-order valence-electron chi connectivity index (χ1n) is 6.98. The summed E-state index contributed by atoms with van der Waals surface area (Å²) in [7, 11) is 0. The van der Waals surface area contributed by atoms with Crippen LogP contribution >= 0.6 is 0 Å². The summed E-state index contributed by atoms with van der Waals surface area (Å²) in [5.41, 5.74) is 1.21. The largest absolute Gasteiger partial charge is 0.356 e. The fourth-order valence-corrected chi connectivity index (χ4v) is 2.43. The van der Waals surface area contributed by atoms with E-state index in [0.717, 1.165) is 31.4 Å². The molecule has 4 nitrogen and oxygen atoms in total. The van der Waals surface area contributed by atoms with Crippen LogP contribution in [0.3, 0.4) is 0 Å². The van der Waals surface area contributed by atoms with E-state index in [4.69, 9.17) is 0 Å². The van der Waals surface area contributed by atoms with Crippen LogP contribution in [0.15, 0.2) is 12.5 Å². The maximum absolute atomic E-state index is 4.48. The molecule has 1 aliphatic heterocycles. The van der Waals surface area contributed by atoms with Crippen molar-refractivity contribution in [2.45, 2.75) is 46.2 Å². The second kappa shape index (κ2) is 6.14. The molecule has 1 aromatic heterocycles. The Morgan fingerprint density at radius 3 is 3.00 bits per heavy atom. The van der Waals surface area contributed by atoms with Gasteiger partial charge in [0.1, 0.15) is 12.1 Å². The molecule has 2 heterocycles. The average Bonchev–Trinajstić information content (AvgIpc) is 2.85. The molecule has 0 aliphatic carbocycles. The normalized spacial score (nSPS) is 19.8. The molecule has 1 aliphatic rings. The van der Waals surface area contributed by atoms with Gasteiger partial charge in [0.2, 0.25) is 0 Å². The molecule has 1 saturated heterocycles. The number of rotatable bonds is 5. The van der Waals surface area contributed by atoms with Crippen molar-refractivity contribution in [1.82, 2.24) is 15.3 Å². The Labute approximate surface area is 110 Å². The Bertz CT molecular complexity index is 378. The summed E-state index contributed by atoms with van der Waals surface area (Å²) in [5, 5.41) is 3.44. The van der Waals surface area contributed by atoms with E-state index < -0.39 is 0 Å². The summed E-state index contributed by atoms with van der Waals surface area (Å²) in [6.45, 7) is 9.71. The Hall–Kier alpha value is -1.16. The summed E-state index contributed by atoms with van der Waals surface area (Å²) in [6, 6.07) is 0.486. The first-order chi connectivity index (χ1) is 8.70. The van der Waals surface area contributed by atoms with E-state index in [-0.39, 0.29) is 0 Å². The van der Waals surface area contributed by atoms with Crippen LogP contribution in [0.1, 0.15) is 39.2 Å². The van der Waals surface area contributed by atoms with E-state index in [9.17, 15) is 0 Å². The average molecular weight is 248 g/mol. The zero-order valence-electron chi connectivity index (χ0n) is 11.7. The second-order valence-electron chi connectivity index (χ2n) is 5.42. The molecule has 2 rings (SSSR count). The number of nitrogens with one attached hydrogen (secondary N) is 1. The summed E-state index contributed by atoms with van der Waals surface area (Å²) in [5.74, 6) is 1.94. The Balaban J connectivity index is 2.07. The van der Waals surface area contributed by atoms with Crippen LogP contribution in [-0.2, 0) is 6.54 Å². The molecule has 18 heavy (non-hydrogen) atoms. The van der Waals surface area contributed by atoms with Gasteiger partial charge in [0, 0.05) is 37.4 Å². The summed E-state index contributed by atoms with van der Waals surface area (Å²) >= 11 is 0. The monoisotopic (exact) mass is 248 g/mol. The number of hydrogen-bond donors (Lipinski definition) is 1. The van der Waals surface area contributed by atoms with Gasteiger partial charge in [-0.25, -0.2) is 9.97 Å². The van der Waals surface area contributed by atoms with Crippen molar-refractivity contribution >= 4 is 5.82 Å². The van der Waals surface area contributed by atoms with Gasteiger partial charge in [-0.2, -0.15) is 0 Å². The molecule has 1 fully saturated rings. The summed E-state index contributed by atoms with van der Waals surface area (Å²) < 4.78 is 0. The minimum atomic E-state index is 0.486. The van der Waals surface area contributed by atoms with Crippen molar-refractivity contribution in [2.24, 2.45) is 5.92 Å². The van der Waals surface area contributed by atoms with Gasteiger partial charge in [0.15, 0.2) is 0 Å². The molecule has 100 valence electrons. The first-order valence-corrected chi connectivity index (χ1v) is 6.98. The third-order valence-electron chi connectivity index (χ3n) is 3.63. The Morgan fingerprint density at radius 1 is 1.50 bits per heavy atom. The van der Waals surface area contributed by atoms with Crippen LogP contribution in [0.2, 0.25) is 0 Å². The molecule has 0 radical (unpaired) electrons. The minimum absolute atomic E-state index is 0.486. The van der Waals surface area contributed by atoms with Crippen molar-refractivity contribution in [1.29, 1.82) is 0 Å². The van der Waals surface area contributed by atoms with Crippen molar-refractivity contribution in [2.75, 3.05) is 18.0 Å². The third kappa shape index (κ3) is 3.19. The highest BCUT2D eigenvalue weighted by molar-refractivity contribution is 5.46. The van der Waals surface area contributed by atoms with Gasteiger partial charge in [-0.15, -0.1) is 0 Å². The van der Waals surface area contributed by atoms with Gasteiger partial charge in [0.05, 0.1) is 0 Å². The van der Waals surface area contributed by atoms with Crippen LogP contribution in [0.25, 0.3) is 0 Å². The molecule has 0 saturated carbocycles. The van der Waals surface area contributed by atoms with E-state index >= 15 is 0 Å². The highest BCUT2D eigenvalue weighted by atomic mass is 15.2. The van der Waals surface area contributed by atoms with Crippen molar-refractivity contribution in [3.63, 3.8) is 0 Å². The van der Waals surface area contributed by atoms with E-state index in [1.54, 1.807) is 6.33 Å². The number of aromatic nitrogens is 2.